The van der Waals surface area contributed by atoms with E-state index in [0.29, 0.717) is 4.75 Å². The Morgan fingerprint density at radius 1 is 1.12 bits per heavy atom. The molecule has 1 aromatic heterocycles. The van der Waals surface area contributed by atoms with Gasteiger partial charge < -0.3 is 10.6 Å². The van der Waals surface area contributed by atoms with Crippen LogP contribution in [0.3, 0.4) is 0 Å². The molecule has 0 saturated heterocycles. The summed E-state index contributed by atoms with van der Waals surface area (Å²) in [5, 5.41) is 6.85. The first-order valence-electron chi connectivity index (χ1n) is 8.38. The van der Waals surface area contributed by atoms with Crippen LogP contribution in [0.1, 0.15) is 18.5 Å². The number of benzene rings is 1. The van der Waals surface area contributed by atoms with Crippen molar-refractivity contribution in [1.82, 2.24) is 15.6 Å². The van der Waals surface area contributed by atoms with Gasteiger partial charge in [-0.3, -0.25) is 9.98 Å². The molecule has 0 unspecified atom stereocenters. The summed E-state index contributed by atoms with van der Waals surface area (Å²) >= 11 is 1.97. The van der Waals surface area contributed by atoms with Crippen LogP contribution in [0.5, 0.6) is 0 Å². The number of aliphatic imine (C=N–C) groups is 1. The van der Waals surface area contributed by atoms with E-state index in [9.17, 15) is 0 Å². The van der Waals surface area contributed by atoms with Crippen LogP contribution in [0.4, 0.5) is 0 Å². The molecule has 1 aromatic carbocycles. The number of pyridine rings is 1. The third-order valence-electron chi connectivity index (χ3n) is 4.09. The second-order valence-electron chi connectivity index (χ2n) is 6.02. The molecule has 1 heterocycles. The summed E-state index contributed by atoms with van der Waals surface area (Å²) in [6.07, 6.45) is 5.24. The third-order valence-corrected chi connectivity index (χ3v) is 5.58. The Hall–Kier alpha value is -1.28. The van der Waals surface area contributed by atoms with E-state index in [1.54, 1.807) is 0 Å². The molecule has 0 bridgehead atoms. The lowest BCUT2D eigenvalue weighted by molar-refractivity contribution is 0.755. The van der Waals surface area contributed by atoms with Gasteiger partial charge in [0.15, 0.2) is 5.96 Å². The van der Waals surface area contributed by atoms with Crippen LogP contribution in [-0.2, 0) is 6.42 Å². The summed E-state index contributed by atoms with van der Waals surface area (Å²) in [7, 11) is 1.82. The summed E-state index contributed by atoms with van der Waals surface area (Å²) in [5.41, 5.74) is 1.10. The summed E-state index contributed by atoms with van der Waals surface area (Å²) < 4.78 is 0.319. The molecule has 1 aliphatic carbocycles. The molecule has 3 rings (SSSR count). The average molecular weight is 468 g/mol. The lowest BCUT2D eigenvalue weighted by Crippen LogP contribution is -2.41. The third kappa shape index (κ3) is 6.51. The number of guanidine groups is 1. The minimum Gasteiger partial charge on any atom is -0.356 e. The van der Waals surface area contributed by atoms with Gasteiger partial charge >= 0.3 is 0 Å². The van der Waals surface area contributed by atoms with Crippen molar-refractivity contribution in [2.24, 2.45) is 4.99 Å². The van der Waals surface area contributed by atoms with Gasteiger partial charge in [-0.05, 0) is 37.1 Å². The number of thioether (sulfide) groups is 1. The molecule has 4 nitrogen and oxygen atoms in total. The van der Waals surface area contributed by atoms with Gasteiger partial charge in [0.2, 0.25) is 0 Å². The minimum absolute atomic E-state index is 0. The monoisotopic (exact) mass is 468 g/mol. The molecule has 0 atom stereocenters. The van der Waals surface area contributed by atoms with Crippen LogP contribution in [-0.4, -0.2) is 35.8 Å². The van der Waals surface area contributed by atoms with Gasteiger partial charge in [0, 0.05) is 48.1 Å². The van der Waals surface area contributed by atoms with Crippen molar-refractivity contribution in [3.63, 3.8) is 0 Å². The standard InChI is InChI=1S/C19H24N4S.HI/c1-20-18(22-14-10-16-7-5-6-13-21-16)23-15-19(11-12-19)24-17-8-3-2-4-9-17;/h2-9,13H,10-12,14-15H2,1H3,(H2,20,22,23);1H. The van der Waals surface area contributed by atoms with Crippen molar-refractivity contribution in [2.75, 3.05) is 20.1 Å². The smallest absolute Gasteiger partial charge is 0.191 e. The van der Waals surface area contributed by atoms with Crippen molar-refractivity contribution in [3.05, 3.63) is 60.4 Å². The molecular weight excluding hydrogens is 443 g/mol. The van der Waals surface area contributed by atoms with Crippen molar-refractivity contribution in [1.29, 1.82) is 0 Å². The van der Waals surface area contributed by atoms with Crippen LogP contribution in [0.25, 0.3) is 0 Å². The van der Waals surface area contributed by atoms with Crippen molar-refractivity contribution in [3.8, 4) is 0 Å². The molecule has 6 heteroatoms. The Morgan fingerprint density at radius 3 is 2.52 bits per heavy atom. The number of aromatic nitrogens is 1. The van der Waals surface area contributed by atoms with Crippen LogP contribution in [0.15, 0.2) is 64.6 Å². The minimum atomic E-state index is 0. The fourth-order valence-electron chi connectivity index (χ4n) is 2.51. The number of halogens is 1. The highest BCUT2D eigenvalue weighted by atomic mass is 127. The van der Waals surface area contributed by atoms with Gasteiger partial charge in [-0.2, -0.15) is 0 Å². The number of hydrogen-bond acceptors (Lipinski definition) is 3. The zero-order chi connectivity index (χ0) is 16.7. The fourth-order valence-corrected chi connectivity index (χ4v) is 3.76. The molecule has 2 aromatic rings. The lowest BCUT2D eigenvalue weighted by atomic mass is 10.3. The van der Waals surface area contributed by atoms with E-state index in [0.717, 1.165) is 31.2 Å². The van der Waals surface area contributed by atoms with E-state index in [1.165, 1.54) is 17.7 Å². The van der Waals surface area contributed by atoms with Gasteiger partial charge in [-0.1, -0.05) is 24.3 Å². The summed E-state index contributed by atoms with van der Waals surface area (Å²) in [6.45, 7) is 1.77. The maximum Gasteiger partial charge on any atom is 0.191 e. The quantitative estimate of drug-likeness (QED) is 0.370. The van der Waals surface area contributed by atoms with Crippen LogP contribution < -0.4 is 10.6 Å². The molecule has 0 aliphatic heterocycles. The number of nitrogens with zero attached hydrogens (tertiary/aromatic N) is 2. The SMILES string of the molecule is CN=C(NCCc1ccccn1)NCC1(Sc2ccccc2)CC1.I. The molecule has 2 N–H and O–H groups in total. The van der Waals surface area contributed by atoms with E-state index >= 15 is 0 Å². The topological polar surface area (TPSA) is 49.3 Å². The Balaban J connectivity index is 0.00000225. The zero-order valence-corrected chi connectivity index (χ0v) is 17.6. The van der Waals surface area contributed by atoms with Gasteiger partial charge in [0.05, 0.1) is 0 Å². The zero-order valence-electron chi connectivity index (χ0n) is 14.4. The van der Waals surface area contributed by atoms with E-state index in [-0.39, 0.29) is 24.0 Å². The summed E-state index contributed by atoms with van der Waals surface area (Å²) in [6, 6.07) is 16.6. The Kier molecular flexibility index (Phi) is 8.02. The normalized spacial score (nSPS) is 15.2. The Bertz CT molecular complexity index is 660. The van der Waals surface area contributed by atoms with Gasteiger partial charge in [0.25, 0.3) is 0 Å². The van der Waals surface area contributed by atoms with Gasteiger partial charge in [0.1, 0.15) is 0 Å². The van der Waals surface area contributed by atoms with Crippen molar-refractivity contribution in [2.45, 2.75) is 28.9 Å². The van der Waals surface area contributed by atoms with E-state index in [2.05, 4.69) is 50.9 Å². The van der Waals surface area contributed by atoms with E-state index in [1.807, 2.05) is 43.2 Å². The maximum absolute atomic E-state index is 4.34. The molecule has 134 valence electrons. The first kappa shape index (κ1) is 20.0. The molecule has 1 aliphatic rings. The first-order chi connectivity index (χ1) is 11.8. The molecule has 0 spiro atoms. The van der Waals surface area contributed by atoms with Crippen LogP contribution >= 0.6 is 35.7 Å². The highest BCUT2D eigenvalue weighted by Gasteiger charge is 2.43. The maximum atomic E-state index is 4.34. The molecule has 0 radical (unpaired) electrons. The summed E-state index contributed by atoms with van der Waals surface area (Å²) in [5.74, 6) is 0.867. The summed E-state index contributed by atoms with van der Waals surface area (Å²) in [4.78, 5) is 10.0. The Labute approximate surface area is 171 Å². The van der Waals surface area contributed by atoms with Gasteiger partial charge in [-0.25, -0.2) is 0 Å². The predicted molar refractivity (Wildman–Crippen MR) is 117 cm³/mol. The van der Waals surface area contributed by atoms with E-state index < -0.39 is 0 Å². The highest BCUT2D eigenvalue weighted by molar-refractivity contribution is 14.0. The number of hydrogen-bond donors (Lipinski definition) is 2. The van der Waals surface area contributed by atoms with Crippen LogP contribution in [0.2, 0.25) is 0 Å². The van der Waals surface area contributed by atoms with Crippen LogP contribution in [0, 0.1) is 0 Å². The number of rotatable bonds is 7. The largest absolute Gasteiger partial charge is 0.356 e. The second kappa shape index (κ2) is 10.0. The lowest BCUT2D eigenvalue weighted by Gasteiger charge is -2.18. The van der Waals surface area contributed by atoms with Crippen molar-refractivity contribution >= 4 is 41.7 Å². The average Bonchev–Trinajstić information content (AvgIpc) is 3.39. The molecule has 1 saturated carbocycles. The fraction of sp³-hybridized carbons (Fsp3) is 0.368. The molecular formula is C19H25IN4S. The highest BCUT2D eigenvalue weighted by Crippen LogP contribution is 2.51. The van der Waals surface area contributed by atoms with Crippen molar-refractivity contribution < 1.29 is 0 Å². The molecule has 1 fully saturated rings. The van der Waals surface area contributed by atoms with E-state index in [4.69, 9.17) is 0 Å². The molecule has 25 heavy (non-hydrogen) atoms. The first-order valence-corrected chi connectivity index (χ1v) is 9.20. The Morgan fingerprint density at radius 2 is 1.88 bits per heavy atom. The second-order valence-corrected chi connectivity index (χ2v) is 7.56. The number of nitrogens with one attached hydrogen (secondary N) is 2. The molecule has 0 amide bonds. The predicted octanol–water partition coefficient (Wildman–Crippen LogP) is 3.73. The van der Waals surface area contributed by atoms with Gasteiger partial charge in [-0.15, -0.1) is 35.7 Å².